The fourth-order valence-electron chi connectivity index (χ4n) is 0. The maximum atomic E-state index is 6.60. The van der Waals surface area contributed by atoms with Crippen molar-refractivity contribution < 1.29 is 12.4 Å². The van der Waals surface area contributed by atoms with Gasteiger partial charge in [0.15, 0.2) is 0 Å². The summed E-state index contributed by atoms with van der Waals surface area (Å²) < 4.78 is 0. The van der Waals surface area contributed by atoms with Gasteiger partial charge in [0, 0.05) is 30.6 Å². The summed E-state index contributed by atoms with van der Waals surface area (Å²) in [5.41, 5.74) is -0.0833. The second kappa shape index (κ2) is 9.60. The Morgan fingerprint density at radius 2 is 0.786 bits per heavy atom. The molecule has 77 valence electrons. The van der Waals surface area contributed by atoms with Crippen LogP contribution in [0.3, 0.4) is 0 Å². The minimum absolute atomic E-state index is 0. The van der Waals surface area contributed by atoms with E-state index in [1.54, 1.807) is 0 Å². The van der Waals surface area contributed by atoms with Crippen LogP contribution in [0, 0.1) is 35.5 Å². The standard InChI is InChI=1S/2C6H9.ClH.Ga/c2*1-5-6(2,3)4;;/h2*2-4H3;1H;/p-1. The van der Waals surface area contributed by atoms with Crippen molar-refractivity contribution in [3.63, 3.8) is 0 Å². The van der Waals surface area contributed by atoms with Gasteiger partial charge in [0.1, 0.15) is 0 Å². The molecular formula is C12H18ClGa-. The van der Waals surface area contributed by atoms with Crippen LogP contribution in [0.5, 0.6) is 0 Å². The maximum Gasteiger partial charge on any atom is 0.0240 e. The molecule has 0 spiro atoms. The Kier molecular flexibility index (Phi) is 16.2. The van der Waals surface area contributed by atoms with Crippen LogP contribution in [-0.2, 0) is 0 Å². The van der Waals surface area contributed by atoms with E-state index in [0.717, 1.165) is 0 Å². The van der Waals surface area contributed by atoms with Gasteiger partial charge in [0.05, 0.1) is 0 Å². The quantitative estimate of drug-likeness (QED) is 0.424. The molecule has 2 heteroatoms. The first-order valence-electron chi connectivity index (χ1n) is 4.00. The van der Waals surface area contributed by atoms with Crippen molar-refractivity contribution in [3.05, 3.63) is 12.8 Å². The average molecular weight is 267 g/mol. The van der Waals surface area contributed by atoms with Gasteiger partial charge in [-0.3, -0.25) is 0 Å². The molecule has 0 heterocycles. The van der Waals surface area contributed by atoms with Gasteiger partial charge in [-0.2, -0.15) is 0 Å². The normalized spacial score (nSPS) is 8.86. The maximum absolute atomic E-state index is 6.60. The number of hydrogen-bond donors (Lipinski definition) is 0. The molecular weight excluding hydrogens is 249 g/mol. The third-order valence-corrected chi connectivity index (χ3v) is 0.750. The number of halogens is 1. The van der Waals surface area contributed by atoms with E-state index < -0.39 is 0 Å². The van der Waals surface area contributed by atoms with E-state index in [9.17, 15) is 0 Å². The van der Waals surface area contributed by atoms with Crippen molar-refractivity contribution in [3.8, 4) is 11.8 Å². The van der Waals surface area contributed by atoms with Crippen LogP contribution in [0.4, 0.5) is 0 Å². The van der Waals surface area contributed by atoms with Crippen LogP contribution >= 0.6 is 0 Å². The zero-order valence-corrected chi connectivity index (χ0v) is 13.1. The van der Waals surface area contributed by atoms with E-state index in [0.29, 0.717) is 0 Å². The summed E-state index contributed by atoms with van der Waals surface area (Å²) in [6.45, 7) is 11.7. The first-order chi connectivity index (χ1) is 5.12. The van der Waals surface area contributed by atoms with Crippen LogP contribution in [0.15, 0.2) is 0 Å². The van der Waals surface area contributed by atoms with Crippen LogP contribution in [-0.4, -0.2) is 19.8 Å². The molecule has 0 aliphatic heterocycles. The van der Waals surface area contributed by atoms with Crippen LogP contribution < -0.4 is 12.4 Å². The monoisotopic (exact) mass is 266 g/mol. The number of hydrogen-bond acceptors (Lipinski definition) is 0. The van der Waals surface area contributed by atoms with Gasteiger partial charge in [-0.05, 0) is 54.4 Å². The molecule has 0 aromatic heterocycles. The molecule has 0 fully saturated rings. The predicted octanol–water partition coefficient (Wildman–Crippen LogP) is -0.132. The zero-order valence-electron chi connectivity index (χ0n) is 9.96. The van der Waals surface area contributed by atoms with Crippen molar-refractivity contribution in [1.82, 2.24) is 0 Å². The van der Waals surface area contributed by atoms with Crippen molar-refractivity contribution in [1.29, 1.82) is 0 Å². The summed E-state index contributed by atoms with van der Waals surface area (Å²) in [5, 5.41) is 0. The Labute approximate surface area is 109 Å². The van der Waals surface area contributed by atoms with Gasteiger partial charge in [-0.25, -0.2) is 0 Å². The van der Waals surface area contributed by atoms with E-state index in [1.807, 2.05) is 41.5 Å². The molecule has 0 N–H and O–H groups in total. The molecule has 0 aromatic rings. The van der Waals surface area contributed by atoms with Crippen molar-refractivity contribution >= 4 is 19.8 Å². The Bertz CT molecular complexity index is 168. The molecule has 5 radical (unpaired) electrons. The van der Waals surface area contributed by atoms with Gasteiger partial charge in [0.25, 0.3) is 0 Å². The minimum Gasteiger partial charge on any atom is -1.00 e. The van der Waals surface area contributed by atoms with Crippen molar-refractivity contribution in [2.24, 2.45) is 10.8 Å². The summed E-state index contributed by atoms with van der Waals surface area (Å²) >= 11 is 0. The van der Waals surface area contributed by atoms with E-state index in [-0.39, 0.29) is 43.0 Å². The number of rotatable bonds is 0. The fraction of sp³-hybridized carbons (Fsp3) is 0.667. The van der Waals surface area contributed by atoms with E-state index in [4.69, 9.17) is 12.8 Å². The Morgan fingerprint density at radius 3 is 0.786 bits per heavy atom. The predicted molar refractivity (Wildman–Crippen MR) is 58.9 cm³/mol. The molecule has 14 heavy (non-hydrogen) atoms. The molecule has 0 atom stereocenters. The van der Waals surface area contributed by atoms with Gasteiger partial charge in [-0.1, -0.05) is 11.8 Å². The zero-order chi connectivity index (χ0) is 10.4. The van der Waals surface area contributed by atoms with E-state index in [1.165, 1.54) is 0 Å². The molecule has 0 unspecified atom stereocenters. The molecule has 0 aliphatic carbocycles. The first kappa shape index (κ1) is 23.7. The summed E-state index contributed by atoms with van der Waals surface area (Å²) in [6.07, 6.45) is 13.2. The molecule has 0 bridgehead atoms. The van der Waals surface area contributed by atoms with Gasteiger partial charge in [-0.15, -0.1) is 0 Å². The topological polar surface area (TPSA) is 0 Å². The molecule has 0 nitrogen and oxygen atoms in total. The first-order valence-corrected chi connectivity index (χ1v) is 4.00. The summed E-state index contributed by atoms with van der Waals surface area (Å²) in [5.74, 6) is 4.71. The Balaban J connectivity index is -0.0000000625. The van der Waals surface area contributed by atoms with Gasteiger partial charge >= 0.3 is 0 Å². The largest absolute Gasteiger partial charge is 1.00 e. The summed E-state index contributed by atoms with van der Waals surface area (Å²) in [7, 11) is 0. The molecule has 0 aromatic carbocycles. The fourth-order valence-corrected chi connectivity index (χ4v) is 0. The SMILES string of the molecule is [C]#CC(C)(C)C.[C]#CC(C)(C)C.[Cl-].[Ga]. The smallest absolute Gasteiger partial charge is 0.0240 e. The minimum atomic E-state index is -0.0417. The molecule has 0 rings (SSSR count). The van der Waals surface area contributed by atoms with Crippen molar-refractivity contribution in [2.45, 2.75) is 41.5 Å². The second-order valence-corrected chi connectivity index (χ2v) is 4.75. The van der Waals surface area contributed by atoms with E-state index >= 15 is 0 Å². The van der Waals surface area contributed by atoms with Gasteiger partial charge in [0.2, 0.25) is 0 Å². The molecule has 0 amide bonds. The van der Waals surface area contributed by atoms with E-state index in [2.05, 4.69) is 11.8 Å². The Hall–Kier alpha value is 0.0464. The molecule has 0 aliphatic rings. The van der Waals surface area contributed by atoms with Crippen LogP contribution in [0.1, 0.15) is 41.5 Å². The summed E-state index contributed by atoms with van der Waals surface area (Å²) in [4.78, 5) is 0. The molecule has 0 saturated heterocycles. The van der Waals surface area contributed by atoms with Crippen LogP contribution in [0.25, 0.3) is 0 Å². The summed E-state index contributed by atoms with van der Waals surface area (Å²) in [6, 6.07) is 0. The van der Waals surface area contributed by atoms with Gasteiger partial charge < -0.3 is 12.4 Å². The van der Waals surface area contributed by atoms with Crippen LogP contribution in [0.2, 0.25) is 0 Å². The second-order valence-electron chi connectivity index (χ2n) is 4.75. The third kappa shape index (κ3) is 40.2. The van der Waals surface area contributed by atoms with Crippen molar-refractivity contribution in [2.75, 3.05) is 0 Å². The average Bonchev–Trinajstić information content (AvgIpc) is 1.86. The Morgan fingerprint density at radius 1 is 0.714 bits per heavy atom. The molecule has 0 saturated carbocycles. The third-order valence-electron chi connectivity index (χ3n) is 0.750.